The SMILES string of the molecule is COc1c(Br)ccc(NS(=O)(=O)c2ccccc2NCCCN2CCCCC2C)c1C(=O)O. The summed E-state index contributed by atoms with van der Waals surface area (Å²) in [6.45, 7) is 4.95. The molecule has 0 aromatic heterocycles. The van der Waals surface area contributed by atoms with Crippen molar-refractivity contribution in [1.82, 2.24) is 4.90 Å². The van der Waals surface area contributed by atoms with E-state index in [0.29, 0.717) is 22.7 Å². The minimum atomic E-state index is -4.06. The lowest BCUT2D eigenvalue weighted by atomic mass is 10.0. The van der Waals surface area contributed by atoms with Gasteiger partial charge in [-0.3, -0.25) is 4.72 Å². The molecule has 1 saturated heterocycles. The number of carboxylic acids is 1. The van der Waals surface area contributed by atoms with Gasteiger partial charge >= 0.3 is 5.97 Å². The van der Waals surface area contributed by atoms with E-state index in [4.69, 9.17) is 4.74 Å². The number of halogens is 1. The predicted octanol–water partition coefficient (Wildman–Crippen LogP) is 4.63. The largest absolute Gasteiger partial charge is 0.495 e. The number of sulfonamides is 1. The van der Waals surface area contributed by atoms with E-state index in [2.05, 4.69) is 37.8 Å². The molecule has 10 heteroatoms. The number of nitrogens with one attached hydrogen (secondary N) is 2. The van der Waals surface area contributed by atoms with Gasteiger partial charge in [-0.1, -0.05) is 18.6 Å². The number of benzene rings is 2. The number of piperidine rings is 1. The third-order valence-corrected chi connectivity index (χ3v) is 7.87. The fourth-order valence-corrected chi connectivity index (χ4v) is 5.85. The number of hydrogen-bond donors (Lipinski definition) is 3. The molecule has 8 nitrogen and oxygen atoms in total. The first-order chi connectivity index (χ1) is 15.7. The second kappa shape index (κ2) is 11.2. The third kappa shape index (κ3) is 6.18. The molecule has 3 rings (SSSR count). The number of carbonyl (C=O) groups is 1. The molecule has 1 atom stereocenters. The summed E-state index contributed by atoms with van der Waals surface area (Å²) in [5, 5.41) is 12.9. The van der Waals surface area contributed by atoms with Gasteiger partial charge in [-0.15, -0.1) is 0 Å². The monoisotopic (exact) mass is 539 g/mol. The van der Waals surface area contributed by atoms with E-state index in [-0.39, 0.29) is 21.9 Å². The minimum absolute atomic E-state index is 0.0426. The Labute approximate surface area is 203 Å². The van der Waals surface area contributed by atoms with Crippen LogP contribution in [-0.2, 0) is 10.0 Å². The van der Waals surface area contributed by atoms with Crippen molar-refractivity contribution in [3.05, 3.63) is 46.4 Å². The van der Waals surface area contributed by atoms with Gasteiger partial charge in [-0.25, -0.2) is 13.2 Å². The number of ether oxygens (including phenoxy) is 1. The Kier molecular flexibility index (Phi) is 8.61. The van der Waals surface area contributed by atoms with E-state index < -0.39 is 16.0 Å². The number of methoxy groups -OCH3 is 1. The van der Waals surface area contributed by atoms with Gasteiger partial charge in [0.15, 0.2) is 0 Å². The fraction of sp³-hybridized carbons (Fsp3) is 0.435. The Morgan fingerprint density at radius 3 is 2.67 bits per heavy atom. The van der Waals surface area contributed by atoms with E-state index in [1.165, 1.54) is 44.6 Å². The standard InChI is InChI=1S/C23H30BrN3O5S/c1-16-8-5-6-14-27(16)15-7-13-25-18-9-3-4-10-20(18)33(30,31)26-19-12-11-17(24)22(32-2)21(19)23(28)29/h3-4,9-12,16,25-26H,5-8,13-15H2,1-2H3,(H,28,29). The van der Waals surface area contributed by atoms with Crippen LogP contribution in [0.4, 0.5) is 11.4 Å². The van der Waals surface area contributed by atoms with Gasteiger partial charge in [0.05, 0.1) is 23.0 Å². The van der Waals surface area contributed by atoms with Crippen LogP contribution in [0.5, 0.6) is 5.75 Å². The Hall–Kier alpha value is -2.30. The highest BCUT2D eigenvalue weighted by Gasteiger charge is 2.25. The summed E-state index contributed by atoms with van der Waals surface area (Å²) in [6, 6.07) is 10.1. The first-order valence-electron chi connectivity index (χ1n) is 10.9. The molecule has 33 heavy (non-hydrogen) atoms. The molecule has 1 unspecified atom stereocenters. The molecule has 0 amide bonds. The number of hydrogen-bond acceptors (Lipinski definition) is 6. The maximum atomic E-state index is 13.2. The zero-order valence-electron chi connectivity index (χ0n) is 18.8. The van der Waals surface area contributed by atoms with Crippen LogP contribution in [-0.4, -0.2) is 57.2 Å². The van der Waals surface area contributed by atoms with Crippen molar-refractivity contribution in [3.8, 4) is 5.75 Å². The summed E-state index contributed by atoms with van der Waals surface area (Å²) in [5.41, 5.74) is 0.130. The van der Waals surface area contributed by atoms with Crippen LogP contribution in [0.15, 0.2) is 45.8 Å². The lowest BCUT2D eigenvalue weighted by Crippen LogP contribution is -2.38. The van der Waals surface area contributed by atoms with Crippen LogP contribution in [0.1, 0.15) is 43.0 Å². The Morgan fingerprint density at radius 1 is 1.21 bits per heavy atom. The predicted molar refractivity (Wildman–Crippen MR) is 133 cm³/mol. The average molecular weight is 540 g/mol. The highest BCUT2D eigenvalue weighted by Crippen LogP contribution is 2.36. The van der Waals surface area contributed by atoms with Crippen LogP contribution < -0.4 is 14.8 Å². The number of nitrogens with zero attached hydrogens (tertiary/aromatic N) is 1. The number of aromatic carboxylic acids is 1. The van der Waals surface area contributed by atoms with Crippen LogP contribution in [0.3, 0.4) is 0 Å². The van der Waals surface area contributed by atoms with E-state index in [9.17, 15) is 18.3 Å². The molecule has 1 aliphatic heterocycles. The quantitative estimate of drug-likeness (QED) is 0.377. The number of likely N-dealkylation sites (tertiary alicyclic amines) is 1. The van der Waals surface area contributed by atoms with Gasteiger partial charge in [0, 0.05) is 19.1 Å². The molecule has 1 fully saturated rings. The van der Waals surface area contributed by atoms with Crippen molar-refractivity contribution in [2.24, 2.45) is 0 Å². The van der Waals surface area contributed by atoms with E-state index in [1.807, 2.05) is 0 Å². The number of anilines is 2. The van der Waals surface area contributed by atoms with E-state index in [0.717, 1.165) is 19.5 Å². The summed E-state index contributed by atoms with van der Waals surface area (Å²) in [6.07, 6.45) is 4.62. The van der Waals surface area contributed by atoms with Gasteiger partial charge in [-0.05, 0) is 72.9 Å². The van der Waals surface area contributed by atoms with Crippen LogP contribution >= 0.6 is 15.9 Å². The van der Waals surface area contributed by atoms with Crippen molar-refractivity contribution in [2.45, 2.75) is 43.5 Å². The molecule has 0 bridgehead atoms. The lowest BCUT2D eigenvalue weighted by molar-refractivity contribution is 0.0694. The molecule has 1 heterocycles. The maximum absolute atomic E-state index is 13.2. The molecule has 0 saturated carbocycles. The zero-order chi connectivity index (χ0) is 24.0. The average Bonchev–Trinajstić information content (AvgIpc) is 2.78. The molecule has 2 aromatic rings. The molecular formula is C23H30BrN3O5S. The van der Waals surface area contributed by atoms with Crippen molar-refractivity contribution in [2.75, 3.05) is 36.8 Å². The maximum Gasteiger partial charge on any atom is 0.341 e. The minimum Gasteiger partial charge on any atom is -0.495 e. The first-order valence-corrected chi connectivity index (χ1v) is 13.2. The third-order valence-electron chi connectivity index (χ3n) is 5.83. The topological polar surface area (TPSA) is 108 Å². The fourth-order valence-electron chi connectivity index (χ4n) is 4.10. The molecule has 0 spiro atoms. The van der Waals surface area contributed by atoms with Crippen LogP contribution in [0, 0.1) is 0 Å². The molecule has 0 aliphatic carbocycles. The molecular weight excluding hydrogens is 510 g/mol. The summed E-state index contributed by atoms with van der Waals surface area (Å²) >= 11 is 3.23. The van der Waals surface area contributed by atoms with Crippen molar-refractivity contribution in [3.63, 3.8) is 0 Å². The molecule has 3 N–H and O–H groups in total. The number of carboxylic acid groups (broad SMARTS) is 1. The summed E-state index contributed by atoms with van der Waals surface area (Å²) in [7, 11) is -2.73. The van der Waals surface area contributed by atoms with Gasteiger partial charge < -0.3 is 20.1 Å². The van der Waals surface area contributed by atoms with Gasteiger partial charge in [0.25, 0.3) is 10.0 Å². The van der Waals surface area contributed by atoms with Gasteiger partial charge in [-0.2, -0.15) is 0 Å². The van der Waals surface area contributed by atoms with Gasteiger partial charge in [0.2, 0.25) is 0 Å². The number of para-hydroxylation sites is 1. The normalized spacial score (nSPS) is 16.9. The first kappa shape index (κ1) is 25.3. The Bertz CT molecular complexity index is 1090. The highest BCUT2D eigenvalue weighted by atomic mass is 79.9. The second-order valence-electron chi connectivity index (χ2n) is 8.07. The Balaban J connectivity index is 1.75. The molecule has 180 valence electrons. The lowest BCUT2D eigenvalue weighted by Gasteiger charge is -2.33. The molecule has 2 aromatic carbocycles. The van der Waals surface area contributed by atoms with E-state index >= 15 is 0 Å². The number of rotatable bonds is 10. The van der Waals surface area contributed by atoms with Crippen molar-refractivity contribution in [1.29, 1.82) is 0 Å². The zero-order valence-corrected chi connectivity index (χ0v) is 21.2. The molecule has 1 aliphatic rings. The highest BCUT2D eigenvalue weighted by molar-refractivity contribution is 9.10. The smallest absolute Gasteiger partial charge is 0.341 e. The summed E-state index contributed by atoms with van der Waals surface area (Å²) < 4.78 is 34.4. The van der Waals surface area contributed by atoms with Crippen LogP contribution in [0.2, 0.25) is 0 Å². The second-order valence-corrected chi connectivity index (χ2v) is 10.6. The van der Waals surface area contributed by atoms with Crippen molar-refractivity contribution >= 4 is 43.3 Å². The van der Waals surface area contributed by atoms with Crippen LogP contribution in [0.25, 0.3) is 0 Å². The summed E-state index contributed by atoms with van der Waals surface area (Å²) in [5.74, 6) is -1.26. The summed E-state index contributed by atoms with van der Waals surface area (Å²) in [4.78, 5) is 14.3. The van der Waals surface area contributed by atoms with Gasteiger partial charge in [0.1, 0.15) is 16.2 Å². The molecule has 0 radical (unpaired) electrons. The van der Waals surface area contributed by atoms with Crippen molar-refractivity contribution < 1.29 is 23.1 Å². The Morgan fingerprint density at radius 2 is 1.97 bits per heavy atom. The van der Waals surface area contributed by atoms with E-state index in [1.54, 1.807) is 18.2 Å².